The zero-order chi connectivity index (χ0) is 19.7. The second kappa shape index (κ2) is 8.03. The van der Waals surface area contributed by atoms with Crippen LogP contribution in [0.3, 0.4) is 0 Å². The minimum absolute atomic E-state index is 0.0622. The van der Waals surface area contributed by atoms with Gasteiger partial charge in [-0.05, 0) is 36.6 Å². The number of hydrogen-bond acceptors (Lipinski definition) is 5. The number of benzene rings is 2. The van der Waals surface area contributed by atoms with Crippen LogP contribution in [0.5, 0.6) is 0 Å². The van der Waals surface area contributed by atoms with E-state index >= 15 is 0 Å². The van der Waals surface area contributed by atoms with Crippen LogP contribution in [0.15, 0.2) is 53.7 Å². The highest BCUT2D eigenvalue weighted by molar-refractivity contribution is 8.00. The Kier molecular flexibility index (Phi) is 5.48. The van der Waals surface area contributed by atoms with E-state index in [9.17, 15) is 4.79 Å². The molecule has 6 nitrogen and oxygen atoms in total. The van der Waals surface area contributed by atoms with Crippen molar-refractivity contribution in [1.82, 2.24) is 20.2 Å². The minimum atomic E-state index is -0.484. The molecule has 4 rings (SSSR count). The zero-order valence-electron chi connectivity index (χ0n) is 14.7. The molecule has 144 valence electrons. The van der Waals surface area contributed by atoms with Gasteiger partial charge in [0.15, 0.2) is 5.82 Å². The van der Waals surface area contributed by atoms with E-state index in [0.717, 1.165) is 18.4 Å². The molecule has 1 aliphatic carbocycles. The lowest BCUT2D eigenvalue weighted by Gasteiger charge is -2.16. The number of amides is 1. The highest BCUT2D eigenvalue weighted by atomic mass is 35.5. The maximum atomic E-state index is 12.8. The van der Waals surface area contributed by atoms with Crippen molar-refractivity contribution in [2.24, 2.45) is 0 Å². The van der Waals surface area contributed by atoms with Gasteiger partial charge in [-0.1, -0.05) is 65.3 Å². The van der Waals surface area contributed by atoms with Gasteiger partial charge in [0.1, 0.15) is 5.25 Å². The largest absolute Gasteiger partial charge is 0.352 e. The van der Waals surface area contributed by atoms with Gasteiger partial charge in [-0.15, -0.1) is 10.2 Å². The van der Waals surface area contributed by atoms with Crippen molar-refractivity contribution in [2.75, 3.05) is 5.84 Å². The van der Waals surface area contributed by atoms with Crippen molar-refractivity contribution in [1.29, 1.82) is 0 Å². The van der Waals surface area contributed by atoms with E-state index in [1.165, 1.54) is 16.4 Å². The molecule has 1 heterocycles. The number of nitrogens with one attached hydrogen (secondary N) is 1. The van der Waals surface area contributed by atoms with E-state index < -0.39 is 5.25 Å². The molecule has 0 bridgehead atoms. The van der Waals surface area contributed by atoms with Crippen LogP contribution in [0.25, 0.3) is 11.4 Å². The molecule has 3 aromatic rings. The molecule has 0 radical (unpaired) electrons. The first-order valence-corrected chi connectivity index (χ1v) is 10.3. The second-order valence-corrected chi connectivity index (χ2v) is 8.41. The summed E-state index contributed by atoms with van der Waals surface area (Å²) in [5.74, 6) is 6.57. The quantitative estimate of drug-likeness (QED) is 0.451. The number of carbonyl (C=O) groups is 1. The smallest absolute Gasteiger partial charge is 0.238 e. The van der Waals surface area contributed by atoms with Crippen molar-refractivity contribution in [3.05, 3.63) is 64.1 Å². The first kappa shape index (κ1) is 19.1. The van der Waals surface area contributed by atoms with Crippen molar-refractivity contribution in [3.8, 4) is 11.4 Å². The molecule has 0 aliphatic heterocycles. The van der Waals surface area contributed by atoms with Crippen LogP contribution in [0.2, 0.25) is 10.0 Å². The summed E-state index contributed by atoms with van der Waals surface area (Å²) in [6.45, 7) is 0. The average Bonchev–Trinajstić information content (AvgIpc) is 3.42. The standard InChI is InChI=1S/C19H17Cl2N5OS/c20-12-6-9-14(15(21)10-12)17-24-25-19(26(17)22)28-16(11-4-2-1-3-5-11)18(27)23-13-7-8-13/h1-6,9-10,13,16H,7-8,22H2,(H,23,27). The highest BCUT2D eigenvalue weighted by Crippen LogP contribution is 2.37. The predicted molar refractivity (Wildman–Crippen MR) is 112 cm³/mol. The number of nitrogen functional groups attached to an aromatic ring is 1. The molecule has 0 saturated heterocycles. The van der Waals surface area contributed by atoms with Crippen molar-refractivity contribution < 1.29 is 4.79 Å². The maximum absolute atomic E-state index is 12.8. The summed E-state index contributed by atoms with van der Waals surface area (Å²) in [4.78, 5) is 12.8. The molecular formula is C19H17Cl2N5OS. The number of nitrogens with two attached hydrogens (primary N) is 1. The Hall–Kier alpha value is -2.22. The molecule has 1 fully saturated rings. The first-order chi connectivity index (χ1) is 13.5. The number of rotatable bonds is 6. The molecule has 1 amide bonds. The van der Waals surface area contributed by atoms with E-state index in [0.29, 0.717) is 26.6 Å². The van der Waals surface area contributed by atoms with Crippen LogP contribution in [0, 0.1) is 0 Å². The fraction of sp³-hybridized carbons (Fsp3) is 0.211. The van der Waals surface area contributed by atoms with Gasteiger partial charge in [0.2, 0.25) is 11.1 Å². The van der Waals surface area contributed by atoms with Gasteiger partial charge in [0.05, 0.1) is 5.02 Å². The number of thioether (sulfide) groups is 1. The third kappa shape index (κ3) is 4.11. The first-order valence-electron chi connectivity index (χ1n) is 8.71. The van der Waals surface area contributed by atoms with Gasteiger partial charge in [-0.3, -0.25) is 4.79 Å². The zero-order valence-corrected chi connectivity index (χ0v) is 17.0. The molecule has 0 spiro atoms. The van der Waals surface area contributed by atoms with E-state index in [1.807, 2.05) is 30.3 Å². The van der Waals surface area contributed by atoms with Gasteiger partial charge in [-0.2, -0.15) is 0 Å². The van der Waals surface area contributed by atoms with Crippen molar-refractivity contribution in [3.63, 3.8) is 0 Å². The third-order valence-electron chi connectivity index (χ3n) is 4.32. The Morgan fingerprint density at radius 3 is 2.61 bits per heavy atom. The lowest BCUT2D eigenvalue weighted by molar-refractivity contribution is -0.120. The summed E-state index contributed by atoms with van der Waals surface area (Å²) in [5, 5.41) is 12.3. The van der Waals surface area contributed by atoms with Gasteiger partial charge < -0.3 is 11.2 Å². The number of nitrogens with zero attached hydrogens (tertiary/aromatic N) is 3. The maximum Gasteiger partial charge on any atom is 0.238 e. The van der Waals surface area contributed by atoms with Gasteiger partial charge in [-0.25, -0.2) is 4.68 Å². The Morgan fingerprint density at radius 2 is 1.93 bits per heavy atom. The van der Waals surface area contributed by atoms with Gasteiger partial charge >= 0.3 is 0 Å². The second-order valence-electron chi connectivity index (χ2n) is 6.49. The van der Waals surface area contributed by atoms with Crippen molar-refractivity contribution in [2.45, 2.75) is 29.3 Å². The summed E-state index contributed by atoms with van der Waals surface area (Å²) < 4.78 is 1.35. The average molecular weight is 434 g/mol. The van der Waals surface area contributed by atoms with Crippen LogP contribution in [0.1, 0.15) is 23.7 Å². The monoisotopic (exact) mass is 433 g/mol. The predicted octanol–water partition coefficient (Wildman–Crippen LogP) is 4.08. The third-order valence-corrected chi connectivity index (χ3v) is 6.08. The Bertz CT molecular complexity index is 1010. The number of halogens is 2. The molecule has 3 N–H and O–H groups in total. The van der Waals surface area contributed by atoms with Crippen molar-refractivity contribution >= 4 is 40.9 Å². The van der Waals surface area contributed by atoms with Gasteiger partial charge in [0, 0.05) is 16.6 Å². The summed E-state index contributed by atoms with van der Waals surface area (Å²) in [6, 6.07) is 14.9. The molecule has 1 saturated carbocycles. The Labute approximate surface area is 176 Å². The molecule has 28 heavy (non-hydrogen) atoms. The van der Waals surface area contributed by atoms with E-state index in [2.05, 4.69) is 15.5 Å². The number of hydrogen-bond donors (Lipinski definition) is 2. The summed E-state index contributed by atoms with van der Waals surface area (Å²) in [6.07, 6.45) is 2.04. The normalized spacial score (nSPS) is 14.6. The summed E-state index contributed by atoms with van der Waals surface area (Å²) in [5.41, 5.74) is 1.49. The van der Waals surface area contributed by atoms with E-state index in [-0.39, 0.29) is 11.9 Å². The summed E-state index contributed by atoms with van der Waals surface area (Å²) in [7, 11) is 0. The number of carbonyl (C=O) groups excluding carboxylic acids is 1. The fourth-order valence-electron chi connectivity index (χ4n) is 2.72. The molecule has 1 aromatic heterocycles. The molecular weight excluding hydrogens is 417 g/mol. The van der Waals surface area contributed by atoms with Crippen LogP contribution < -0.4 is 11.2 Å². The molecule has 1 aliphatic rings. The lowest BCUT2D eigenvalue weighted by atomic mass is 10.1. The highest BCUT2D eigenvalue weighted by Gasteiger charge is 2.30. The molecule has 9 heteroatoms. The minimum Gasteiger partial charge on any atom is -0.352 e. The SMILES string of the molecule is Nn1c(SC(C(=O)NC2CC2)c2ccccc2)nnc1-c1ccc(Cl)cc1Cl. The molecule has 1 unspecified atom stereocenters. The van der Waals surface area contributed by atoms with Crippen LogP contribution in [0.4, 0.5) is 0 Å². The van der Waals surface area contributed by atoms with E-state index in [4.69, 9.17) is 29.0 Å². The fourth-order valence-corrected chi connectivity index (χ4v) is 4.18. The van der Waals surface area contributed by atoms with Crippen LogP contribution in [-0.2, 0) is 4.79 Å². The van der Waals surface area contributed by atoms with Gasteiger partial charge in [0.25, 0.3) is 0 Å². The summed E-state index contributed by atoms with van der Waals surface area (Å²) >= 11 is 13.5. The van der Waals surface area contributed by atoms with E-state index in [1.54, 1.807) is 18.2 Å². The Balaban J connectivity index is 1.63. The van der Waals surface area contributed by atoms with Crippen LogP contribution in [-0.4, -0.2) is 26.8 Å². The van der Waals surface area contributed by atoms with Crippen LogP contribution >= 0.6 is 35.0 Å². The Morgan fingerprint density at radius 1 is 1.18 bits per heavy atom. The number of aromatic nitrogens is 3. The molecule has 1 atom stereocenters. The topological polar surface area (TPSA) is 85.8 Å². The molecule has 2 aromatic carbocycles. The lowest BCUT2D eigenvalue weighted by Crippen LogP contribution is -2.30.